The molecule has 1 aromatic rings. The van der Waals surface area contributed by atoms with Gasteiger partial charge in [0.2, 0.25) is 0 Å². The van der Waals surface area contributed by atoms with Crippen molar-refractivity contribution in [1.29, 1.82) is 0 Å². The Kier molecular flexibility index (Phi) is 9.99. The van der Waals surface area contributed by atoms with Crippen molar-refractivity contribution in [2.75, 3.05) is 47.3 Å². The number of rotatable bonds is 5. The van der Waals surface area contributed by atoms with Crippen LogP contribution in [0.5, 0.6) is 0 Å². The molecule has 2 rings (SSSR count). The largest absolute Gasteiger partial charge is 0.403 e. The van der Waals surface area contributed by atoms with E-state index < -0.39 is 12.2 Å². The molecule has 28 heavy (non-hydrogen) atoms. The van der Waals surface area contributed by atoms with Gasteiger partial charge in [-0.15, -0.1) is 24.0 Å². The predicted octanol–water partition coefficient (Wildman–Crippen LogP) is 3.01. The monoisotopic (exact) mass is 513 g/mol. The molecule has 0 spiro atoms. The molecule has 1 atom stereocenters. The Balaban J connectivity index is 0.00000392. The van der Waals surface area contributed by atoms with Crippen LogP contribution in [0.3, 0.4) is 0 Å². The van der Waals surface area contributed by atoms with Gasteiger partial charge in [0.25, 0.3) is 0 Å². The molecule has 1 heterocycles. The SMILES string of the molecule is CN=C(NCc1ccccc1CN(C)C)N1CCN(C(C)C(F)(F)F)CC1.I. The lowest BCUT2D eigenvalue weighted by Crippen LogP contribution is -2.56. The lowest BCUT2D eigenvalue weighted by molar-refractivity contribution is -0.181. The van der Waals surface area contributed by atoms with Gasteiger partial charge in [-0.05, 0) is 32.1 Å². The highest BCUT2D eigenvalue weighted by atomic mass is 127. The Morgan fingerprint density at radius 2 is 1.71 bits per heavy atom. The summed E-state index contributed by atoms with van der Waals surface area (Å²) >= 11 is 0. The van der Waals surface area contributed by atoms with Crippen LogP contribution in [0.1, 0.15) is 18.1 Å². The summed E-state index contributed by atoms with van der Waals surface area (Å²) in [5.41, 5.74) is 2.44. The van der Waals surface area contributed by atoms with Gasteiger partial charge in [0, 0.05) is 46.3 Å². The summed E-state index contributed by atoms with van der Waals surface area (Å²) < 4.78 is 38.7. The number of halogens is 4. The Bertz CT molecular complexity index is 628. The van der Waals surface area contributed by atoms with E-state index in [1.165, 1.54) is 23.0 Å². The van der Waals surface area contributed by atoms with E-state index in [4.69, 9.17) is 0 Å². The third kappa shape index (κ3) is 7.07. The zero-order valence-electron chi connectivity index (χ0n) is 17.0. The molecular formula is C19H31F3IN5. The Labute approximate surface area is 183 Å². The summed E-state index contributed by atoms with van der Waals surface area (Å²) in [6.45, 7) is 4.51. The molecule has 0 radical (unpaired) electrons. The number of benzene rings is 1. The van der Waals surface area contributed by atoms with E-state index in [0.29, 0.717) is 32.7 Å². The van der Waals surface area contributed by atoms with Crippen LogP contribution in [-0.2, 0) is 13.1 Å². The van der Waals surface area contributed by atoms with E-state index in [1.54, 1.807) is 7.05 Å². The van der Waals surface area contributed by atoms with Crippen molar-refractivity contribution < 1.29 is 13.2 Å². The summed E-state index contributed by atoms with van der Waals surface area (Å²) in [6, 6.07) is 6.82. The van der Waals surface area contributed by atoms with Gasteiger partial charge in [-0.1, -0.05) is 24.3 Å². The van der Waals surface area contributed by atoms with Gasteiger partial charge in [-0.2, -0.15) is 13.2 Å². The first kappa shape index (κ1) is 25.0. The van der Waals surface area contributed by atoms with Gasteiger partial charge >= 0.3 is 6.18 Å². The molecule has 1 aromatic carbocycles. The fourth-order valence-electron chi connectivity index (χ4n) is 3.26. The Morgan fingerprint density at radius 3 is 2.21 bits per heavy atom. The van der Waals surface area contributed by atoms with Crippen molar-refractivity contribution in [3.8, 4) is 0 Å². The van der Waals surface area contributed by atoms with E-state index in [1.807, 2.05) is 31.1 Å². The van der Waals surface area contributed by atoms with Gasteiger partial charge in [0.15, 0.2) is 5.96 Å². The topological polar surface area (TPSA) is 34.1 Å². The van der Waals surface area contributed by atoms with E-state index in [-0.39, 0.29) is 24.0 Å². The van der Waals surface area contributed by atoms with Gasteiger partial charge in [-0.25, -0.2) is 0 Å². The third-order valence-electron chi connectivity index (χ3n) is 4.89. The smallest absolute Gasteiger partial charge is 0.352 e. The Hall–Kier alpha value is -1.07. The fourth-order valence-corrected chi connectivity index (χ4v) is 3.26. The molecule has 0 bridgehead atoms. The second-order valence-corrected chi connectivity index (χ2v) is 7.15. The van der Waals surface area contributed by atoms with Gasteiger partial charge in [0.1, 0.15) is 6.04 Å². The minimum atomic E-state index is -4.18. The zero-order chi connectivity index (χ0) is 20.0. The normalized spacial score (nSPS) is 17.4. The zero-order valence-corrected chi connectivity index (χ0v) is 19.3. The maximum Gasteiger partial charge on any atom is 0.403 e. The predicted molar refractivity (Wildman–Crippen MR) is 118 cm³/mol. The molecule has 160 valence electrons. The maximum absolute atomic E-state index is 12.9. The summed E-state index contributed by atoms with van der Waals surface area (Å²) in [7, 11) is 5.77. The molecule has 0 aromatic heterocycles. The molecule has 1 fully saturated rings. The van der Waals surface area contributed by atoms with Gasteiger partial charge < -0.3 is 15.1 Å². The van der Waals surface area contributed by atoms with Crippen LogP contribution in [-0.4, -0.2) is 80.2 Å². The highest BCUT2D eigenvalue weighted by Gasteiger charge is 2.41. The van der Waals surface area contributed by atoms with E-state index in [0.717, 1.165) is 12.5 Å². The minimum Gasteiger partial charge on any atom is -0.352 e. The van der Waals surface area contributed by atoms with Crippen LogP contribution in [0.15, 0.2) is 29.3 Å². The molecular weight excluding hydrogens is 482 g/mol. The first-order chi connectivity index (χ1) is 12.7. The van der Waals surface area contributed by atoms with Crippen LogP contribution in [0.2, 0.25) is 0 Å². The van der Waals surface area contributed by atoms with Crippen molar-refractivity contribution >= 4 is 29.9 Å². The Morgan fingerprint density at radius 1 is 1.14 bits per heavy atom. The first-order valence-electron chi connectivity index (χ1n) is 9.20. The number of nitrogens with zero attached hydrogens (tertiary/aromatic N) is 4. The molecule has 9 heteroatoms. The summed E-state index contributed by atoms with van der Waals surface area (Å²) in [5.74, 6) is 0.731. The van der Waals surface area contributed by atoms with Crippen molar-refractivity contribution in [1.82, 2.24) is 20.0 Å². The first-order valence-corrected chi connectivity index (χ1v) is 9.20. The highest BCUT2D eigenvalue weighted by Crippen LogP contribution is 2.25. The molecule has 1 saturated heterocycles. The molecule has 0 amide bonds. The van der Waals surface area contributed by atoms with E-state index in [9.17, 15) is 13.2 Å². The summed E-state index contributed by atoms with van der Waals surface area (Å²) in [4.78, 5) is 9.94. The fraction of sp³-hybridized carbons (Fsp3) is 0.632. The molecule has 5 nitrogen and oxygen atoms in total. The number of nitrogens with one attached hydrogen (secondary N) is 1. The van der Waals surface area contributed by atoms with Crippen LogP contribution < -0.4 is 5.32 Å². The highest BCUT2D eigenvalue weighted by molar-refractivity contribution is 14.0. The average Bonchev–Trinajstić information content (AvgIpc) is 2.62. The molecule has 0 saturated carbocycles. The van der Waals surface area contributed by atoms with Crippen LogP contribution in [0, 0.1) is 0 Å². The molecule has 0 aliphatic carbocycles. The van der Waals surface area contributed by atoms with Crippen molar-refractivity contribution in [3.63, 3.8) is 0 Å². The molecule has 1 aliphatic heterocycles. The lowest BCUT2D eigenvalue weighted by Gasteiger charge is -2.39. The quantitative estimate of drug-likeness (QED) is 0.373. The van der Waals surface area contributed by atoms with Crippen LogP contribution >= 0.6 is 24.0 Å². The van der Waals surface area contributed by atoms with Crippen molar-refractivity contribution in [3.05, 3.63) is 35.4 Å². The van der Waals surface area contributed by atoms with Crippen molar-refractivity contribution in [2.24, 2.45) is 4.99 Å². The van der Waals surface area contributed by atoms with Crippen LogP contribution in [0.4, 0.5) is 13.2 Å². The van der Waals surface area contributed by atoms with E-state index in [2.05, 4.69) is 27.3 Å². The van der Waals surface area contributed by atoms with Gasteiger partial charge in [0.05, 0.1) is 0 Å². The number of hydrogen-bond donors (Lipinski definition) is 1. The number of alkyl halides is 3. The minimum absolute atomic E-state index is 0. The van der Waals surface area contributed by atoms with Crippen LogP contribution in [0.25, 0.3) is 0 Å². The maximum atomic E-state index is 12.9. The molecule has 1 N–H and O–H groups in total. The second-order valence-electron chi connectivity index (χ2n) is 7.15. The number of guanidine groups is 1. The average molecular weight is 513 g/mol. The summed E-state index contributed by atoms with van der Waals surface area (Å²) in [6.07, 6.45) is -4.18. The van der Waals surface area contributed by atoms with Gasteiger partial charge in [-0.3, -0.25) is 9.89 Å². The van der Waals surface area contributed by atoms with Crippen molar-refractivity contribution in [2.45, 2.75) is 32.2 Å². The number of aliphatic imine (C=N–C) groups is 1. The lowest BCUT2D eigenvalue weighted by atomic mass is 10.1. The number of hydrogen-bond acceptors (Lipinski definition) is 3. The molecule has 1 aliphatic rings. The third-order valence-corrected chi connectivity index (χ3v) is 4.89. The molecule has 1 unspecified atom stereocenters. The van der Waals surface area contributed by atoms with E-state index >= 15 is 0 Å². The second kappa shape index (κ2) is 11.2. The number of piperazine rings is 1. The standard InChI is InChI=1S/C19H30F3N5.HI/c1-15(19(20,21)22)26-9-11-27(12-10-26)18(23-2)24-13-16-7-5-6-8-17(16)14-25(3)4;/h5-8,15H,9-14H2,1-4H3,(H,23,24);1H. The summed E-state index contributed by atoms with van der Waals surface area (Å²) in [5, 5.41) is 3.36.